The van der Waals surface area contributed by atoms with Gasteiger partial charge in [-0.1, -0.05) is 30.0 Å². The largest absolute Gasteiger partial charge is 0.497 e. The van der Waals surface area contributed by atoms with E-state index in [1.165, 1.54) is 11.8 Å². The number of hydrogen-bond donors (Lipinski definition) is 1. The monoisotopic (exact) mass is 426 g/mol. The van der Waals surface area contributed by atoms with Crippen LogP contribution in [0, 0.1) is 0 Å². The fourth-order valence-corrected chi connectivity index (χ4v) is 4.08. The van der Waals surface area contributed by atoms with E-state index in [1.807, 2.05) is 73.6 Å². The minimum absolute atomic E-state index is 0.0858. The predicted octanol–water partition coefficient (Wildman–Crippen LogP) is 3.22. The van der Waals surface area contributed by atoms with Crippen molar-refractivity contribution in [1.29, 1.82) is 0 Å². The van der Waals surface area contributed by atoms with Gasteiger partial charge in [0, 0.05) is 25.2 Å². The number of carbonyl (C=O) groups is 2. The van der Waals surface area contributed by atoms with Crippen LogP contribution in [-0.2, 0) is 9.59 Å². The molecule has 0 radical (unpaired) electrons. The summed E-state index contributed by atoms with van der Waals surface area (Å²) in [6, 6.07) is 16.6. The molecule has 0 saturated carbocycles. The quantitative estimate of drug-likeness (QED) is 0.702. The molecule has 2 aromatic carbocycles. The summed E-state index contributed by atoms with van der Waals surface area (Å²) >= 11 is 1.34. The van der Waals surface area contributed by atoms with Crippen molar-refractivity contribution in [3.63, 3.8) is 0 Å². The molecule has 0 bridgehead atoms. The lowest BCUT2D eigenvalue weighted by Crippen LogP contribution is -2.38. The molecule has 8 heteroatoms. The fraction of sp³-hybridized carbons (Fsp3) is 0.318. The Balaban J connectivity index is 1.74. The zero-order valence-electron chi connectivity index (χ0n) is 17.4. The van der Waals surface area contributed by atoms with Gasteiger partial charge in [0.2, 0.25) is 11.8 Å². The molecule has 1 aliphatic heterocycles. The van der Waals surface area contributed by atoms with Gasteiger partial charge in [0.05, 0.1) is 12.8 Å². The lowest BCUT2D eigenvalue weighted by Gasteiger charge is -2.19. The third kappa shape index (κ3) is 5.84. The molecule has 0 spiro atoms. The summed E-state index contributed by atoms with van der Waals surface area (Å²) in [5, 5.41) is 2.97. The second kappa shape index (κ2) is 10.3. The van der Waals surface area contributed by atoms with Gasteiger partial charge in [-0.25, -0.2) is 4.99 Å². The minimum atomic E-state index is -0.493. The number of thioether (sulfide) groups is 1. The van der Waals surface area contributed by atoms with Crippen LogP contribution < -0.4 is 10.1 Å². The van der Waals surface area contributed by atoms with Gasteiger partial charge in [0.15, 0.2) is 5.17 Å². The molecule has 1 aliphatic rings. The standard InChI is InChI=1S/C22H26N4O3S/c1-25(2)13-14-26-21(28)19(15-20(27)23-16-7-5-4-6-8-16)30-22(26)24-17-9-11-18(29-3)12-10-17/h4-12,19H,13-15H2,1-3H3,(H,23,27). The van der Waals surface area contributed by atoms with Crippen molar-refractivity contribution in [1.82, 2.24) is 9.80 Å². The summed E-state index contributed by atoms with van der Waals surface area (Å²) in [6.07, 6.45) is 0.0957. The highest BCUT2D eigenvalue weighted by molar-refractivity contribution is 8.15. The van der Waals surface area contributed by atoms with Crippen LogP contribution in [-0.4, -0.2) is 66.3 Å². The van der Waals surface area contributed by atoms with Crippen LogP contribution in [0.25, 0.3) is 0 Å². The van der Waals surface area contributed by atoms with Gasteiger partial charge in [-0.05, 0) is 50.5 Å². The number of amidine groups is 1. The number of para-hydroxylation sites is 1. The van der Waals surface area contributed by atoms with E-state index in [9.17, 15) is 9.59 Å². The van der Waals surface area contributed by atoms with Crippen molar-refractivity contribution >= 4 is 40.1 Å². The molecule has 1 heterocycles. The van der Waals surface area contributed by atoms with E-state index in [-0.39, 0.29) is 18.2 Å². The Kier molecular flexibility index (Phi) is 7.48. The van der Waals surface area contributed by atoms with E-state index in [0.717, 1.165) is 17.1 Å². The van der Waals surface area contributed by atoms with Crippen LogP contribution in [0.4, 0.5) is 11.4 Å². The van der Waals surface area contributed by atoms with E-state index in [2.05, 4.69) is 10.3 Å². The highest BCUT2D eigenvalue weighted by atomic mass is 32.2. The van der Waals surface area contributed by atoms with E-state index < -0.39 is 5.25 Å². The van der Waals surface area contributed by atoms with Crippen LogP contribution in [0.2, 0.25) is 0 Å². The van der Waals surface area contributed by atoms with E-state index in [1.54, 1.807) is 12.0 Å². The van der Waals surface area contributed by atoms with Crippen molar-refractivity contribution in [2.24, 2.45) is 4.99 Å². The van der Waals surface area contributed by atoms with E-state index in [4.69, 9.17) is 4.74 Å². The van der Waals surface area contributed by atoms with Crippen molar-refractivity contribution < 1.29 is 14.3 Å². The number of methoxy groups -OCH3 is 1. The molecule has 1 unspecified atom stereocenters. The molecular formula is C22H26N4O3S. The first-order valence-electron chi connectivity index (χ1n) is 9.66. The number of amides is 2. The van der Waals surface area contributed by atoms with Crippen molar-refractivity contribution in [2.45, 2.75) is 11.7 Å². The van der Waals surface area contributed by atoms with Gasteiger partial charge in [0.25, 0.3) is 0 Å². The number of benzene rings is 2. The summed E-state index contributed by atoms with van der Waals surface area (Å²) in [6.45, 7) is 1.22. The predicted molar refractivity (Wildman–Crippen MR) is 121 cm³/mol. The highest BCUT2D eigenvalue weighted by Gasteiger charge is 2.39. The first kappa shape index (κ1) is 21.9. The number of rotatable bonds is 8. The Morgan fingerprint density at radius 1 is 1.17 bits per heavy atom. The van der Waals surface area contributed by atoms with Crippen LogP contribution in [0.3, 0.4) is 0 Å². The molecule has 1 saturated heterocycles. The second-order valence-corrected chi connectivity index (χ2v) is 8.28. The maximum absolute atomic E-state index is 13.0. The van der Waals surface area contributed by atoms with Gasteiger partial charge in [-0.2, -0.15) is 0 Å². The first-order valence-corrected chi connectivity index (χ1v) is 10.5. The van der Waals surface area contributed by atoms with Crippen LogP contribution >= 0.6 is 11.8 Å². The van der Waals surface area contributed by atoms with Crippen LogP contribution in [0.15, 0.2) is 59.6 Å². The maximum Gasteiger partial charge on any atom is 0.242 e. The summed E-state index contributed by atoms with van der Waals surface area (Å²) in [4.78, 5) is 33.8. The number of ether oxygens (including phenoxy) is 1. The Bertz CT molecular complexity index is 900. The molecule has 2 amide bonds. The van der Waals surface area contributed by atoms with Crippen molar-refractivity contribution in [3.8, 4) is 5.75 Å². The Labute approximate surface area is 181 Å². The van der Waals surface area contributed by atoms with Crippen LogP contribution in [0.5, 0.6) is 5.75 Å². The van der Waals surface area contributed by atoms with Gasteiger partial charge < -0.3 is 15.0 Å². The molecule has 7 nitrogen and oxygen atoms in total. The SMILES string of the molecule is COc1ccc(N=C2SC(CC(=O)Nc3ccccc3)C(=O)N2CCN(C)C)cc1. The molecular weight excluding hydrogens is 400 g/mol. The number of likely N-dealkylation sites (N-methyl/N-ethyl adjacent to an activating group) is 1. The number of anilines is 1. The Morgan fingerprint density at radius 2 is 1.87 bits per heavy atom. The normalized spacial score (nSPS) is 17.6. The zero-order chi connectivity index (χ0) is 21.5. The number of nitrogens with zero attached hydrogens (tertiary/aromatic N) is 3. The number of aliphatic imine (C=N–C) groups is 1. The number of nitrogens with one attached hydrogen (secondary N) is 1. The second-order valence-electron chi connectivity index (χ2n) is 7.11. The van der Waals surface area contributed by atoms with E-state index in [0.29, 0.717) is 18.3 Å². The fourth-order valence-electron chi connectivity index (χ4n) is 2.90. The van der Waals surface area contributed by atoms with Gasteiger partial charge >= 0.3 is 0 Å². The lowest BCUT2D eigenvalue weighted by atomic mass is 10.2. The van der Waals surface area contributed by atoms with Gasteiger partial charge in [-0.15, -0.1) is 0 Å². The van der Waals surface area contributed by atoms with Gasteiger partial charge in [0.1, 0.15) is 11.0 Å². The topological polar surface area (TPSA) is 74.2 Å². The molecule has 1 N–H and O–H groups in total. The molecule has 158 valence electrons. The smallest absolute Gasteiger partial charge is 0.242 e. The number of carbonyl (C=O) groups excluding carboxylic acids is 2. The minimum Gasteiger partial charge on any atom is -0.497 e. The molecule has 1 fully saturated rings. The molecule has 30 heavy (non-hydrogen) atoms. The van der Waals surface area contributed by atoms with Crippen molar-refractivity contribution in [2.75, 3.05) is 39.6 Å². The highest BCUT2D eigenvalue weighted by Crippen LogP contribution is 2.32. The molecule has 0 aliphatic carbocycles. The van der Waals surface area contributed by atoms with Gasteiger partial charge in [-0.3, -0.25) is 14.5 Å². The summed E-state index contributed by atoms with van der Waals surface area (Å²) in [5.74, 6) is 0.469. The Morgan fingerprint density at radius 3 is 2.50 bits per heavy atom. The Hall–Kier alpha value is -2.84. The molecule has 2 aromatic rings. The van der Waals surface area contributed by atoms with Crippen molar-refractivity contribution in [3.05, 3.63) is 54.6 Å². The molecule has 3 rings (SSSR count). The molecule has 0 aromatic heterocycles. The number of hydrogen-bond acceptors (Lipinski definition) is 6. The maximum atomic E-state index is 13.0. The summed E-state index contributed by atoms with van der Waals surface area (Å²) in [7, 11) is 5.53. The zero-order valence-corrected chi connectivity index (χ0v) is 18.2. The van der Waals surface area contributed by atoms with E-state index >= 15 is 0 Å². The summed E-state index contributed by atoms with van der Waals surface area (Å²) in [5.41, 5.74) is 1.45. The average Bonchev–Trinajstić information content (AvgIpc) is 3.01. The average molecular weight is 427 g/mol. The third-order valence-corrected chi connectivity index (χ3v) is 5.69. The third-order valence-electron chi connectivity index (χ3n) is 4.52. The first-order chi connectivity index (χ1) is 14.5. The van der Waals surface area contributed by atoms with Crippen LogP contribution in [0.1, 0.15) is 6.42 Å². The summed E-state index contributed by atoms with van der Waals surface area (Å²) < 4.78 is 5.18. The molecule has 1 atom stereocenters. The lowest BCUT2D eigenvalue weighted by molar-refractivity contribution is -0.128.